The molecule has 0 aliphatic carbocycles. The fourth-order valence-electron chi connectivity index (χ4n) is 1.03. The average molecular weight is 230 g/mol. The second kappa shape index (κ2) is 5.56. The van der Waals surface area contributed by atoms with Gasteiger partial charge in [0.15, 0.2) is 0 Å². The number of carbonyl (C=O) groups excluding carboxylic acids is 1. The van der Waals surface area contributed by atoms with Crippen LogP contribution in [0.2, 0.25) is 5.15 Å². The molecule has 0 aliphatic heterocycles. The molecule has 0 bridgehead atoms. The van der Waals surface area contributed by atoms with Crippen molar-refractivity contribution in [1.82, 2.24) is 4.98 Å². The van der Waals surface area contributed by atoms with E-state index >= 15 is 0 Å². The molecule has 5 heteroatoms. The first-order valence-corrected chi connectivity index (χ1v) is 5.02. The summed E-state index contributed by atoms with van der Waals surface area (Å²) >= 11 is 5.73. The number of carbonyl (C=O) groups is 1. The van der Waals surface area contributed by atoms with E-state index in [-0.39, 0.29) is 5.15 Å². The normalized spacial score (nSPS) is 9.80. The van der Waals surface area contributed by atoms with Crippen LogP contribution in [0.1, 0.15) is 24.2 Å². The number of nitrogens with zero attached hydrogens (tertiary/aromatic N) is 1. The summed E-state index contributed by atoms with van der Waals surface area (Å²) in [7, 11) is 0. The Bertz CT molecular complexity index is 355. The first kappa shape index (κ1) is 11.8. The summed E-state index contributed by atoms with van der Waals surface area (Å²) in [6.07, 6.45) is 0. The van der Waals surface area contributed by atoms with E-state index in [9.17, 15) is 4.79 Å². The molecule has 82 valence electrons. The zero-order valence-electron chi connectivity index (χ0n) is 8.62. The zero-order valence-corrected chi connectivity index (χ0v) is 9.37. The number of pyridine rings is 1. The van der Waals surface area contributed by atoms with Crippen LogP contribution in [0.15, 0.2) is 12.1 Å². The van der Waals surface area contributed by atoms with E-state index in [1.807, 2.05) is 6.92 Å². The maximum Gasteiger partial charge on any atom is 0.338 e. The summed E-state index contributed by atoms with van der Waals surface area (Å²) in [5.74, 6) is -0.101. The molecule has 0 saturated heterocycles. The number of hydrogen-bond donors (Lipinski definition) is 0. The van der Waals surface area contributed by atoms with Crippen molar-refractivity contribution in [1.29, 1.82) is 0 Å². The van der Waals surface area contributed by atoms with Crippen LogP contribution in [0.5, 0.6) is 5.88 Å². The predicted octanol–water partition coefficient (Wildman–Crippen LogP) is 2.31. The van der Waals surface area contributed by atoms with Crippen LogP contribution < -0.4 is 4.74 Å². The largest absolute Gasteiger partial charge is 0.478 e. The van der Waals surface area contributed by atoms with Gasteiger partial charge in [-0.1, -0.05) is 11.6 Å². The van der Waals surface area contributed by atoms with Crippen molar-refractivity contribution in [2.24, 2.45) is 0 Å². The average Bonchev–Trinajstić information content (AvgIpc) is 2.17. The van der Waals surface area contributed by atoms with Crippen molar-refractivity contribution in [3.63, 3.8) is 0 Å². The van der Waals surface area contributed by atoms with Crippen LogP contribution in [-0.4, -0.2) is 24.2 Å². The van der Waals surface area contributed by atoms with E-state index in [2.05, 4.69) is 4.98 Å². The Kier molecular flexibility index (Phi) is 4.37. The monoisotopic (exact) mass is 229 g/mol. The highest BCUT2D eigenvalue weighted by Gasteiger charge is 2.10. The molecule has 1 heterocycles. The van der Waals surface area contributed by atoms with Gasteiger partial charge in [-0.2, -0.15) is 0 Å². The summed E-state index contributed by atoms with van der Waals surface area (Å²) in [6, 6.07) is 2.95. The van der Waals surface area contributed by atoms with Gasteiger partial charge in [0.25, 0.3) is 0 Å². The molecular weight excluding hydrogens is 218 g/mol. The fourth-order valence-corrected chi connectivity index (χ4v) is 1.23. The lowest BCUT2D eigenvalue weighted by Gasteiger charge is -2.05. The molecule has 0 amide bonds. The third kappa shape index (κ3) is 3.40. The lowest BCUT2D eigenvalue weighted by molar-refractivity contribution is 0.0525. The van der Waals surface area contributed by atoms with E-state index in [1.165, 1.54) is 12.1 Å². The Balaban J connectivity index is 2.92. The number of ether oxygens (including phenoxy) is 2. The topological polar surface area (TPSA) is 48.4 Å². The van der Waals surface area contributed by atoms with Gasteiger partial charge in [-0.3, -0.25) is 0 Å². The number of halogens is 1. The number of hydrogen-bond acceptors (Lipinski definition) is 4. The van der Waals surface area contributed by atoms with E-state index in [0.29, 0.717) is 24.7 Å². The molecule has 0 saturated carbocycles. The number of esters is 1. The van der Waals surface area contributed by atoms with Crippen molar-refractivity contribution in [3.8, 4) is 5.88 Å². The summed E-state index contributed by atoms with van der Waals surface area (Å²) in [5.41, 5.74) is 0.348. The Labute approximate surface area is 93.2 Å². The quantitative estimate of drug-likeness (QED) is 0.587. The summed E-state index contributed by atoms with van der Waals surface area (Å²) in [5, 5.41) is 0.212. The van der Waals surface area contributed by atoms with Crippen LogP contribution in [0.3, 0.4) is 0 Å². The molecule has 4 nitrogen and oxygen atoms in total. The van der Waals surface area contributed by atoms with Gasteiger partial charge in [-0.05, 0) is 19.9 Å². The standard InChI is InChI=1S/C10H12ClNO3/c1-3-14-9-6-7(5-8(11)12-9)10(13)15-4-2/h5-6H,3-4H2,1-2H3. The Morgan fingerprint density at radius 1 is 1.40 bits per heavy atom. The minimum Gasteiger partial charge on any atom is -0.478 e. The predicted molar refractivity (Wildman–Crippen MR) is 56.4 cm³/mol. The lowest BCUT2D eigenvalue weighted by Crippen LogP contribution is -2.06. The highest BCUT2D eigenvalue weighted by Crippen LogP contribution is 2.17. The molecule has 0 N–H and O–H groups in total. The third-order valence-corrected chi connectivity index (χ3v) is 1.77. The molecule has 15 heavy (non-hydrogen) atoms. The smallest absolute Gasteiger partial charge is 0.338 e. The second-order valence-corrected chi connectivity index (χ2v) is 3.06. The van der Waals surface area contributed by atoms with Crippen LogP contribution >= 0.6 is 11.6 Å². The number of aromatic nitrogens is 1. The van der Waals surface area contributed by atoms with Crippen molar-refractivity contribution in [2.45, 2.75) is 13.8 Å². The maximum absolute atomic E-state index is 11.4. The van der Waals surface area contributed by atoms with Gasteiger partial charge < -0.3 is 9.47 Å². The molecule has 1 aromatic rings. The van der Waals surface area contributed by atoms with Crippen LogP contribution in [0, 0.1) is 0 Å². The molecule has 0 aromatic carbocycles. The Morgan fingerprint density at radius 2 is 2.13 bits per heavy atom. The highest BCUT2D eigenvalue weighted by atomic mass is 35.5. The molecule has 0 unspecified atom stereocenters. The summed E-state index contributed by atoms with van der Waals surface area (Å²) in [6.45, 7) is 4.36. The van der Waals surface area contributed by atoms with E-state index in [1.54, 1.807) is 6.92 Å². The van der Waals surface area contributed by atoms with Crippen molar-refractivity contribution < 1.29 is 14.3 Å². The van der Waals surface area contributed by atoms with Gasteiger partial charge >= 0.3 is 5.97 Å². The maximum atomic E-state index is 11.4. The van der Waals surface area contributed by atoms with Gasteiger partial charge in [-0.15, -0.1) is 0 Å². The van der Waals surface area contributed by atoms with Crippen molar-refractivity contribution in [2.75, 3.05) is 13.2 Å². The van der Waals surface area contributed by atoms with Crippen LogP contribution in [0.25, 0.3) is 0 Å². The minimum atomic E-state index is -0.428. The Hall–Kier alpha value is -1.29. The fraction of sp³-hybridized carbons (Fsp3) is 0.400. The third-order valence-electron chi connectivity index (χ3n) is 1.57. The van der Waals surface area contributed by atoms with Crippen LogP contribution in [-0.2, 0) is 4.74 Å². The lowest BCUT2D eigenvalue weighted by atomic mass is 10.3. The summed E-state index contributed by atoms with van der Waals surface area (Å²) in [4.78, 5) is 15.3. The molecule has 0 fully saturated rings. The molecule has 0 spiro atoms. The van der Waals surface area contributed by atoms with Crippen molar-refractivity contribution in [3.05, 3.63) is 22.8 Å². The van der Waals surface area contributed by atoms with Crippen molar-refractivity contribution >= 4 is 17.6 Å². The summed E-state index contributed by atoms with van der Waals surface area (Å²) < 4.78 is 9.99. The molecule has 0 atom stereocenters. The van der Waals surface area contributed by atoms with E-state index in [4.69, 9.17) is 21.1 Å². The number of rotatable bonds is 4. The SMILES string of the molecule is CCOC(=O)c1cc(Cl)nc(OCC)c1. The van der Waals surface area contributed by atoms with Gasteiger partial charge in [0.05, 0.1) is 18.8 Å². The van der Waals surface area contributed by atoms with Gasteiger partial charge in [0.2, 0.25) is 5.88 Å². The van der Waals surface area contributed by atoms with E-state index in [0.717, 1.165) is 0 Å². The Morgan fingerprint density at radius 3 is 2.73 bits per heavy atom. The first-order valence-electron chi connectivity index (χ1n) is 4.64. The van der Waals surface area contributed by atoms with E-state index < -0.39 is 5.97 Å². The highest BCUT2D eigenvalue weighted by molar-refractivity contribution is 6.29. The molecule has 1 aromatic heterocycles. The van der Waals surface area contributed by atoms with Gasteiger partial charge in [0.1, 0.15) is 5.15 Å². The van der Waals surface area contributed by atoms with Gasteiger partial charge in [-0.25, -0.2) is 9.78 Å². The second-order valence-electron chi connectivity index (χ2n) is 2.67. The van der Waals surface area contributed by atoms with Crippen LogP contribution in [0.4, 0.5) is 0 Å². The minimum absolute atomic E-state index is 0.212. The molecule has 0 radical (unpaired) electrons. The molecule has 0 aliphatic rings. The van der Waals surface area contributed by atoms with Gasteiger partial charge in [0, 0.05) is 6.07 Å². The molecule has 1 rings (SSSR count). The molecular formula is C10H12ClNO3. The first-order chi connectivity index (χ1) is 7.17. The zero-order chi connectivity index (χ0) is 11.3.